The van der Waals surface area contributed by atoms with Gasteiger partial charge < -0.3 is 10.3 Å². The van der Waals surface area contributed by atoms with Crippen LogP contribution in [0.15, 0.2) is 23.4 Å². The first-order valence-electron chi connectivity index (χ1n) is 6.86. The standard InChI is InChI=1S/C13H17ClN4O2S/c1-8-10(3-2-5-15-8)18-21(19,20)11-7-17-13-12(11)9(14)4-6-16-13/h4,6-8,10,15,18H,2-3,5H2,1H3,(H,16,17). The van der Waals surface area contributed by atoms with E-state index in [0.29, 0.717) is 16.1 Å². The molecule has 1 aliphatic rings. The number of nitrogens with one attached hydrogen (secondary N) is 3. The molecular formula is C13H17ClN4O2S. The molecule has 1 aliphatic heterocycles. The Balaban J connectivity index is 1.97. The molecule has 2 aromatic rings. The van der Waals surface area contributed by atoms with Gasteiger partial charge in [0.25, 0.3) is 0 Å². The van der Waals surface area contributed by atoms with Gasteiger partial charge in [-0.15, -0.1) is 0 Å². The molecule has 2 unspecified atom stereocenters. The number of sulfonamides is 1. The minimum absolute atomic E-state index is 0.104. The van der Waals surface area contributed by atoms with Crippen LogP contribution in [-0.4, -0.2) is 37.0 Å². The Labute approximate surface area is 128 Å². The number of pyridine rings is 1. The van der Waals surface area contributed by atoms with Gasteiger partial charge >= 0.3 is 0 Å². The quantitative estimate of drug-likeness (QED) is 0.799. The van der Waals surface area contributed by atoms with Crippen LogP contribution < -0.4 is 10.0 Å². The Bertz CT molecular complexity index is 759. The average molecular weight is 329 g/mol. The third-order valence-corrected chi connectivity index (χ3v) is 5.67. The zero-order valence-electron chi connectivity index (χ0n) is 11.6. The van der Waals surface area contributed by atoms with Crippen molar-refractivity contribution in [2.24, 2.45) is 0 Å². The van der Waals surface area contributed by atoms with Gasteiger partial charge in [-0.1, -0.05) is 11.6 Å². The lowest BCUT2D eigenvalue weighted by Gasteiger charge is -2.30. The second-order valence-corrected chi connectivity index (χ2v) is 7.37. The molecule has 6 nitrogen and oxygen atoms in total. The van der Waals surface area contributed by atoms with E-state index in [4.69, 9.17) is 11.6 Å². The number of H-pyrrole nitrogens is 1. The first kappa shape index (κ1) is 14.8. The van der Waals surface area contributed by atoms with E-state index >= 15 is 0 Å². The first-order valence-corrected chi connectivity index (χ1v) is 8.72. The van der Waals surface area contributed by atoms with Gasteiger partial charge in [-0.3, -0.25) is 0 Å². The highest BCUT2D eigenvalue weighted by atomic mass is 35.5. The number of piperidine rings is 1. The first-order chi connectivity index (χ1) is 9.99. The van der Waals surface area contributed by atoms with Gasteiger partial charge in [-0.2, -0.15) is 0 Å². The Kier molecular flexibility index (Phi) is 3.92. The minimum atomic E-state index is -3.64. The molecule has 0 aromatic carbocycles. The molecule has 1 saturated heterocycles. The van der Waals surface area contributed by atoms with E-state index in [-0.39, 0.29) is 17.0 Å². The number of hydrogen-bond donors (Lipinski definition) is 3. The maximum absolute atomic E-state index is 12.6. The molecule has 3 heterocycles. The van der Waals surface area contributed by atoms with Gasteiger partial charge in [-0.05, 0) is 32.4 Å². The number of halogens is 1. The Hall–Kier alpha value is -1.15. The lowest BCUT2D eigenvalue weighted by Crippen LogP contribution is -2.51. The molecule has 3 N–H and O–H groups in total. The second-order valence-electron chi connectivity index (χ2n) is 5.28. The van der Waals surface area contributed by atoms with Crippen molar-refractivity contribution in [2.45, 2.75) is 36.7 Å². The molecule has 0 bridgehead atoms. The fourth-order valence-corrected chi connectivity index (χ4v) is 4.51. The zero-order valence-corrected chi connectivity index (χ0v) is 13.1. The van der Waals surface area contributed by atoms with E-state index in [9.17, 15) is 8.42 Å². The van der Waals surface area contributed by atoms with E-state index in [2.05, 4.69) is 20.0 Å². The molecule has 8 heteroatoms. The summed E-state index contributed by atoms with van der Waals surface area (Å²) in [6.45, 7) is 2.90. The largest absolute Gasteiger partial charge is 0.345 e. The minimum Gasteiger partial charge on any atom is -0.345 e. The van der Waals surface area contributed by atoms with E-state index in [1.807, 2.05) is 6.92 Å². The van der Waals surface area contributed by atoms with Crippen LogP contribution in [0, 0.1) is 0 Å². The highest BCUT2D eigenvalue weighted by molar-refractivity contribution is 7.89. The second kappa shape index (κ2) is 5.57. The summed E-state index contributed by atoms with van der Waals surface area (Å²) < 4.78 is 28.0. The highest BCUT2D eigenvalue weighted by Gasteiger charge is 2.28. The third kappa shape index (κ3) is 2.78. The summed E-state index contributed by atoms with van der Waals surface area (Å²) in [5.74, 6) is 0. The van der Waals surface area contributed by atoms with E-state index in [1.165, 1.54) is 12.4 Å². The summed E-state index contributed by atoms with van der Waals surface area (Å²) in [7, 11) is -3.64. The maximum atomic E-state index is 12.6. The molecule has 0 amide bonds. The summed E-state index contributed by atoms with van der Waals surface area (Å²) in [6, 6.07) is 1.57. The van der Waals surface area contributed by atoms with Crippen molar-refractivity contribution in [1.29, 1.82) is 0 Å². The van der Waals surface area contributed by atoms with E-state index in [1.54, 1.807) is 6.07 Å². The Morgan fingerprint density at radius 2 is 2.29 bits per heavy atom. The summed E-state index contributed by atoms with van der Waals surface area (Å²) in [5.41, 5.74) is 0.470. The third-order valence-electron chi connectivity index (χ3n) is 3.84. The van der Waals surface area contributed by atoms with E-state index in [0.717, 1.165) is 19.4 Å². The maximum Gasteiger partial charge on any atom is 0.243 e. The Morgan fingerprint density at radius 1 is 1.48 bits per heavy atom. The fraction of sp³-hybridized carbons (Fsp3) is 0.462. The molecule has 1 fully saturated rings. The monoisotopic (exact) mass is 328 g/mol. The molecule has 3 rings (SSSR count). The molecule has 2 atom stereocenters. The zero-order chi connectivity index (χ0) is 15.0. The van der Waals surface area contributed by atoms with Crippen molar-refractivity contribution in [3.8, 4) is 0 Å². The highest BCUT2D eigenvalue weighted by Crippen LogP contribution is 2.28. The molecule has 0 spiro atoms. The van der Waals surface area contributed by atoms with Crippen LogP contribution in [0.25, 0.3) is 11.0 Å². The molecular weight excluding hydrogens is 312 g/mol. The van der Waals surface area contributed by atoms with Crippen LogP contribution in [0.2, 0.25) is 5.02 Å². The van der Waals surface area contributed by atoms with Crippen molar-refractivity contribution in [3.63, 3.8) is 0 Å². The van der Waals surface area contributed by atoms with Crippen LogP contribution in [0.5, 0.6) is 0 Å². The average Bonchev–Trinajstić information content (AvgIpc) is 2.87. The van der Waals surface area contributed by atoms with Crippen LogP contribution in [0.3, 0.4) is 0 Å². The number of hydrogen-bond acceptors (Lipinski definition) is 4. The van der Waals surface area contributed by atoms with Crippen LogP contribution in [0.4, 0.5) is 0 Å². The SMILES string of the molecule is CC1NCCCC1NS(=O)(=O)c1c[nH]c2nccc(Cl)c12. The van der Waals surface area contributed by atoms with Gasteiger partial charge in [0.15, 0.2) is 0 Å². The number of fused-ring (bicyclic) bond motifs is 1. The normalized spacial score (nSPS) is 23.5. The van der Waals surface area contributed by atoms with Gasteiger partial charge in [0.1, 0.15) is 10.5 Å². The summed E-state index contributed by atoms with van der Waals surface area (Å²) in [6.07, 6.45) is 4.75. The van der Waals surface area contributed by atoms with Gasteiger partial charge in [-0.25, -0.2) is 18.1 Å². The van der Waals surface area contributed by atoms with E-state index < -0.39 is 10.0 Å². The Morgan fingerprint density at radius 3 is 3.05 bits per heavy atom. The molecule has 0 saturated carbocycles. The summed E-state index contributed by atoms with van der Waals surface area (Å²) in [5, 5.41) is 4.08. The smallest absolute Gasteiger partial charge is 0.243 e. The number of aromatic nitrogens is 2. The molecule has 21 heavy (non-hydrogen) atoms. The van der Waals surface area contributed by atoms with Crippen molar-refractivity contribution in [3.05, 3.63) is 23.5 Å². The van der Waals surface area contributed by atoms with Crippen LogP contribution >= 0.6 is 11.6 Å². The molecule has 114 valence electrons. The summed E-state index contributed by atoms with van der Waals surface area (Å²) >= 11 is 6.12. The van der Waals surface area contributed by atoms with Crippen molar-refractivity contribution >= 4 is 32.7 Å². The number of nitrogens with zero attached hydrogens (tertiary/aromatic N) is 1. The summed E-state index contributed by atoms with van der Waals surface area (Å²) in [4.78, 5) is 7.09. The topological polar surface area (TPSA) is 86.9 Å². The van der Waals surface area contributed by atoms with Gasteiger partial charge in [0.2, 0.25) is 10.0 Å². The molecule has 0 radical (unpaired) electrons. The van der Waals surface area contributed by atoms with Crippen molar-refractivity contribution < 1.29 is 8.42 Å². The predicted molar refractivity (Wildman–Crippen MR) is 81.9 cm³/mol. The lowest BCUT2D eigenvalue weighted by molar-refractivity contribution is 0.349. The van der Waals surface area contributed by atoms with Gasteiger partial charge in [0.05, 0.1) is 10.4 Å². The number of aromatic amines is 1. The fourth-order valence-electron chi connectivity index (χ4n) is 2.67. The van der Waals surface area contributed by atoms with Crippen LogP contribution in [0.1, 0.15) is 19.8 Å². The van der Waals surface area contributed by atoms with Gasteiger partial charge in [0, 0.05) is 24.5 Å². The van der Waals surface area contributed by atoms with Crippen LogP contribution in [-0.2, 0) is 10.0 Å². The van der Waals surface area contributed by atoms with Crippen molar-refractivity contribution in [1.82, 2.24) is 20.0 Å². The lowest BCUT2D eigenvalue weighted by atomic mass is 10.0. The molecule has 2 aromatic heterocycles. The van der Waals surface area contributed by atoms with Crippen molar-refractivity contribution in [2.75, 3.05) is 6.54 Å². The predicted octanol–water partition coefficient (Wildman–Crippen LogP) is 1.64. The number of rotatable bonds is 3. The molecule has 0 aliphatic carbocycles.